The topological polar surface area (TPSA) is 53.4 Å². The molecular formula is C10H14N2O2S. The Morgan fingerprint density at radius 1 is 1.80 bits per heavy atom. The maximum atomic E-state index is 11.9. The Morgan fingerprint density at radius 2 is 2.60 bits per heavy atom. The van der Waals surface area contributed by atoms with Crippen molar-refractivity contribution in [3.63, 3.8) is 0 Å². The minimum Gasteiger partial charge on any atom is -0.396 e. The number of hydrogen-bond acceptors (Lipinski definition) is 4. The standard InChI is InChI=1S/C10H14N2O2S/c1-7-11-4-9(15-7)10(14)12-3-2-8(5-12)6-13/h4,8,13H,2-3,5-6H2,1H3. The first-order valence-electron chi connectivity index (χ1n) is 5.03. The highest BCUT2D eigenvalue weighted by molar-refractivity contribution is 7.13. The minimum absolute atomic E-state index is 0.0524. The zero-order chi connectivity index (χ0) is 10.8. The van der Waals surface area contributed by atoms with E-state index in [9.17, 15) is 4.79 Å². The summed E-state index contributed by atoms with van der Waals surface area (Å²) in [7, 11) is 0. The summed E-state index contributed by atoms with van der Waals surface area (Å²) in [6, 6.07) is 0. The molecule has 0 spiro atoms. The fraction of sp³-hybridized carbons (Fsp3) is 0.600. The number of hydrogen-bond donors (Lipinski definition) is 1. The van der Waals surface area contributed by atoms with E-state index in [1.54, 1.807) is 11.1 Å². The molecule has 1 N–H and O–H groups in total. The van der Waals surface area contributed by atoms with Crippen LogP contribution in [0.4, 0.5) is 0 Å². The highest BCUT2D eigenvalue weighted by Gasteiger charge is 2.27. The van der Waals surface area contributed by atoms with Gasteiger partial charge in [-0.05, 0) is 13.3 Å². The van der Waals surface area contributed by atoms with Crippen LogP contribution in [0.5, 0.6) is 0 Å². The third-order valence-corrected chi connectivity index (χ3v) is 3.56. The molecule has 2 heterocycles. The zero-order valence-electron chi connectivity index (χ0n) is 8.64. The molecule has 15 heavy (non-hydrogen) atoms. The lowest BCUT2D eigenvalue weighted by molar-refractivity contribution is 0.0786. The molecule has 0 bridgehead atoms. The Labute approximate surface area is 92.6 Å². The van der Waals surface area contributed by atoms with Crippen LogP contribution in [-0.4, -0.2) is 40.6 Å². The lowest BCUT2D eigenvalue weighted by Crippen LogP contribution is -2.28. The molecule has 82 valence electrons. The zero-order valence-corrected chi connectivity index (χ0v) is 9.46. The molecule has 1 aromatic heterocycles. The first-order valence-corrected chi connectivity index (χ1v) is 5.85. The number of thiazole rings is 1. The molecule has 0 aliphatic carbocycles. The van der Waals surface area contributed by atoms with Crippen molar-refractivity contribution in [2.45, 2.75) is 13.3 Å². The third kappa shape index (κ3) is 2.18. The van der Waals surface area contributed by atoms with E-state index < -0.39 is 0 Å². The molecule has 5 heteroatoms. The van der Waals surface area contributed by atoms with Gasteiger partial charge >= 0.3 is 0 Å². The molecule has 1 unspecified atom stereocenters. The maximum absolute atomic E-state index is 11.9. The van der Waals surface area contributed by atoms with E-state index >= 15 is 0 Å². The second kappa shape index (κ2) is 4.28. The van der Waals surface area contributed by atoms with Crippen LogP contribution in [0.3, 0.4) is 0 Å². The molecule has 1 aliphatic rings. The average molecular weight is 226 g/mol. The molecule has 0 saturated carbocycles. The lowest BCUT2D eigenvalue weighted by Gasteiger charge is -2.14. The van der Waals surface area contributed by atoms with Gasteiger partial charge in [0.15, 0.2) is 0 Å². The highest BCUT2D eigenvalue weighted by atomic mass is 32.1. The number of aromatic nitrogens is 1. The van der Waals surface area contributed by atoms with Gasteiger partial charge in [0.2, 0.25) is 0 Å². The van der Waals surface area contributed by atoms with Gasteiger partial charge in [0.05, 0.1) is 11.2 Å². The van der Waals surface area contributed by atoms with Crippen molar-refractivity contribution in [1.29, 1.82) is 0 Å². The molecule has 0 aromatic carbocycles. The number of amides is 1. The van der Waals surface area contributed by atoms with E-state index in [1.807, 2.05) is 6.92 Å². The van der Waals surface area contributed by atoms with Crippen LogP contribution < -0.4 is 0 Å². The fourth-order valence-corrected chi connectivity index (χ4v) is 2.53. The molecule has 1 aliphatic heterocycles. The van der Waals surface area contributed by atoms with E-state index in [0.717, 1.165) is 18.0 Å². The predicted octanol–water partition coefficient (Wildman–Crippen LogP) is 0.906. The van der Waals surface area contributed by atoms with Crippen molar-refractivity contribution >= 4 is 17.2 Å². The number of aliphatic hydroxyl groups is 1. The minimum atomic E-state index is 0.0524. The van der Waals surface area contributed by atoms with Gasteiger partial charge in [-0.15, -0.1) is 11.3 Å². The van der Waals surface area contributed by atoms with Crippen LogP contribution in [0.15, 0.2) is 6.20 Å². The average Bonchev–Trinajstić information content (AvgIpc) is 2.84. The molecule has 2 rings (SSSR count). The summed E-state index contributed by atoms with van der Waals surface area (Å²) in [5.41, 5.74) is 0. The number of aliphatic hydroxyl groups excluding tert-OH is 1. The van der Waals surface area contributed by atoms with Crippen LogP contribution in [0.1, 0.15) is 21.1 Å². The summed E-state index contributed by atoms with van der Waals surface area (Å²) < 4.78 is 0. The first kappa shape index (κ1) is 10.6. The fourth-order valence-electron chi connectivity index (χ4n) is 1.78. The Balaban J connectivity index is 2.03. The smallest absolute Gasteiger partial charge is 0.265 e. The quantitative estimate of drug-likeness (QED) is 0.815. The van der Waals surface area contributed by atoms with Gasteiger partial charge < -0.3 is 10.0 Å². The number of likely N-dealkylation sites (tertiary alicyclic amines) is 1. The monoisotopic (exact) mass is 226 g/mol. The van der Waals surface area contributed by atoms with E-state index in [2.05, 4.69) is 4.98 Å². The van der Waals surface area contributed by atoms with Crippen molar-refractivity contribution in [2.24, 2.45) is 5.92 Å². The number of carbonyl (C=O) groups is 1. The van der Waals surface area contributed by atoms with Gasteiger partial charge in [-0.2, -0.15) is 0 Å². The van der Waals surface area contributed by atoms with E-state index in [-0.39, 0.29) is 18.4 Å². The van der Waals surface area contributed by atoms with E-state index in [0.29, 0.717) is 11.4 Å². The van der Waals surface area contributed by atoms with Crippen molar-refractivity contribution in [2.75, 3.05) is 19.7 Å². The lowest BCUT2D eigenvalue weighted by atomic mass is 10.1. The van der Waals surface area contributed by atoms with Gasteiger partial charge in [-0.1, -0.05) is 0 Å². The highest BCUT2D eigenvalue weighted by Crippen LogP contribution is 2.20. The molecule has 0 radical (unpaired) electrons. The van der Waals surface area contributed by atoms with Crippen LogP contribution in [0, 0.1) is 12.8 Å². The van der Waals surface area contributed by atoms with Crippen LogP contribution in [0.2, 0.25) is 0 Å². The summed E-state index contributed by atoms with van der Waals surface area (Å²) in [6.07, 6.45) is 2.54. The van der Waals surface area contributed by atoms with Gasteiger partial charge in [0.25, 0.3) is 5.91 Å². The number of carbonyl (C=O) groups excluding carboxylic acids is 1. The van der Waals surface area contributed by atoms with Gasteiger partial charge in [0, 0.05) is 25.6 Å². The first-order chi connectivity index (χ1) is 7.20. The predicted molar refractivity (Wildman–Crippen MR) is 57.9 cm³/mol. The number of rotatable bonds is 2. The van der Waals surface area contributed by atoms with Gasteiger partial charge in [-0.3, -0.25) is 4.79 Å². The molecule has 1 fully saturated rings. The Bertz CT molecular complexity index is 364. The number of nitrogens with zero attached hydrogens (tertiary/aromatic N) is 2. The van der Waals surface area contributed by atoms with Crippen LogP contribution in [-0.2, 0) is 0 Å². The Morgan fingerprint density at radius 3 is 3.13 bits per heavy atom. The van der Waals surface area contributed by atoms with Crippen LogP contribution in [0.25, 0.3) is 0 Å². The SMILES string of the molecule is Cc1ncc(C(=O)N2CCC(CO)C2)s1. The second-order valence-corrected chi connectivity index (χ2v) is 5.07. The molecule has 1 saturated heterocycles. The Kier molecular flexibility index (Phi) is 3.02. The Hall–Kier alpha value is -0.940. The molecule has 4 nitrogen and oxygen atoms in total. The summed E-state index contributed by atoms with van der Waals surface area (Å²) in [4.78, 5) is 18.5. The molecule has 1 amide bonds. The molecule has 1 aromatic rings. The summed E-state index contributed by atoms with van der Waals surface area (Å²) in [6.45, 7) is 3.49. The van der Waals surface area contributed by atoms with Crippen LogP contribution >= 0.6 is 11.3 Å². The van der Waals surface area contributed by atoms with Crippen molar-refractivity contribution in [3.8, 4) is 0 Å². The van der Waals surface area contributed by atoms with Crippen molar-refractivity contribution in [3.05, 3.63) is 16.1 Å². The van der Waals surface area contributed by atoms with Crippen molar-refractivity contribution < 1.29 is 9.90 Å². The summed E-state index contributed by atoms with van der Waals surface area (Å²) >= 11 is 1.43. The van der Waals surface area contributed by atoms with E-state index in [1.165, 1.54) is 11.3 Å². The summed E-state index contributed by atoms with van der Waals surface area (Å²) in [5, 5.41) is 9.91. The number of aryl methyl sites for hydroxylation is 1. The second-order valence-electron chi connectivity index (χ2n) is 3.83. The maximum Gasteiger partial charge on any atom is 0.265 e. The summed E-state index contributed by atoms with van der Waals surface area (Å²) in [5.74, 6) is 0.305. The van der Waals surface area contributed by atoms with Gasteiger partial charge in [-0.25, -0.2) is 4.98 Å². The van der Waals surface area contributed by atoms with Gasteiger partial charge in [0.1, 0.15) is 4.88 Å². The van der Waals surface area contributed by atoms with Crippen molar-refractivity contribution in [1.82, 2.24) is 9.88 Å². The normalized spacial score (nSPS) is 20.9. The largest absolute Gasteiger partial charge is 0.396 e. The molecular weight excluding hydrogens is 212 g/mol. The van der Waals surface area contributed by atoms with E-state index in [4.69, 9.17) is 5.11 Å². The third-order valence-electron chi connectivity index (χ3n) is 2.66. The molecule has 1 atom stereocenters.